The predicted molar refractivity (Wildman–Crippen MR) is 95.9 cm³/mol. The molecule has 28 heavy (non-hydrogen) atoms. The number of carbonyl (C=O) groups excluding carboxylic acids is 1. The molecule has 0 atom stereocenters. The third-order valence-corrected chi connectivity index (χ3v) is 3.27. The number of terminal acetylenes is 1. The summed E-state index contributed by atoms with van der Waals surface area (Å²) in [6.45, 7) is 0. The summed E-state index contributed by atoms with van der Waals surface area (Å²) in [7, 11) is 2.53. The number of phenols is 2. The van der Waals surface area contributed by atoms with Crippen LogP contribution >= 0.6 is 0 Å². The largest absolute Gasteiger partial charge is 0.500 e. The van der Waals surface area contributed by atoms with E-state index in [0.29, 0.717) is 6.29 Å². The SMILES string of the molecule is C#Cc1cc(OC)c(O)c([N+](=O)[O-])c1.COc1cc(C=O)cc([N+](=O)[O-])c1O. The topological polar surface area (TPSA) is 162 Å². The van der Waals surface area contributed by atoms with Gasteiger partial charge in [-0.25, -0.2) is 0 Å². The number of nitro groups is 2. The normalized spacial score (nSPS) is 9.32. The van der Waals surface area contributed by atoms with E-state index in [1.54, 1.807) is 0 Å². The van der Waals surface area contributed by atoms with Crippen molar-refractivity contribution in [2.45, 2.75) is 0 Å². The lowest BCUT2D eigenvalue weighted by atomic mass is 10.2. The summed E-state index contributed by atoms with van der Waals surface area (Å²) < 4.78 is 9.39. The standard InChI is InChI=1S/C9H7NO4.C8H7NO5/c1-3-6-4-7(10(12)13)9(11)8(5-6)14-2;1-14-7-3-5(4-10)2-6(8(7)11)9(12)13/h1,4-5,11H,2H3;2-4,11H,1H3. The maximum absolute atomic E-state index is 10.5. The van der Waals surface area contributed by atoms with E-state index in [2.05, 4.69) is 10.7 Å². The second-order valence-electron chi connectivity index (χ2n) is 4.91. The molecule has 0 radical (unpaired) electrons. The van der Waals surface area contributed by atoms with Gasteiger partial charge in [0.05, 0.1) is 24.1 Å². The molecule has 0 saturated heterocycles. The van der Waals surface area contributed by atoms with E-state index in [-0.39, 0.29) is 22.6 Å². The van der Waals surface area contributed by atoms with Crippen LogP contribution in [0.25, 0.3) is 0 Å². The van der Waals surface area contributed by atoms with E-state index in [1.807, 2.05) is 0 Å². The van der Waals surface area contributed by atoms with Gasteiger partial charge in [-0.15, -0.1) is 6.42 Å². The third-order valence-electron chi connectivity index (χ3n) is 3.27. The lowest BCUT2D eigenvalue weighted by molar-refractivity contribution is -0.386. The van der Waals surface area contributed by atoms with Gasteiger partial charge in [-0.1, -0.05) is 5.92 Å². The van der Waals surface area contributed by atoms with Crippen molar-refractivity contribution in [1.29, 1.82) is 0 Å². The Hall–Kier alpha value is -4.33. The number of nitrogens with zero attached hydrogens (tertiary/aromatic N) is 2. The molecule has 2 N–H and O–H groups in total. The first-order chi connectivity index (χ1) is 13.2. The molecule has 0 unspecified atom stereocenters. The fraction of sp³-hybridized carbons (Fsp3) is 0.118. The predicted octanol–water partition coefficient (Wildman–Crippen LogP) is 2.41. The Labute approximate surface area is 158 Å². The minimum absolute atomic E-state index is 0.00727. The Balaban J connectivity index is 0.000000280. The second-order valence-corrected chi connectivity index (χ2v) is 4.91. The van der Waals surface area contributed by atoms with E-state index >= 15 is 0 Å². The van der Waals surface area contributed by atoms with Crippen molar-refractivity contribution >= 4 is 17.7 Å². The molecule has 0 aliphatic rings. The van der Waals surface area contributed by atoms with Crippen LogP contribution in [-0.2, 0) is 0 Å². The zero-order chi connectivity index (χ0) is 21.4. The number of aromatic hydroxyl groups is 2. The van der Waals surface area contributed by atoms with Gasteiger partial charge in [0.1, 0.15) is 6.29 Å². The minimum Gasteiger partial charge on any atom is -0.500 e. The van der Waals surface area contributed by atoms with Crippen LogP contribution in [0.5, 0.6) is 23.0 Å². The van der Waals surface area contributed by atoms with Gasteiger partial charge in [0.2, 0.25) is 11.5 Å². The van der Waals surface area contributed by atoms with Crippen molar-refractivity contribution < 1.29 is 34.3 Å². The summed E-state index contributed by atoms with van der Waals surface area (Å²) in [6, 6.07) is 4.65. The summed E-state index contributed by atoms with van der Waals surface area (Å²) in [5, 5.41) is 39.6. The highest BCUT2D eigenvalue weighted by Gasteiger charge is 2.20. The Morgan fingerprint density at radius 1 is 0.964 bits per heavy atom. The molecule has 11 nitrogen and oxygen atoms in total. The molecule has 146 valence electrons. The van der Waals surface area contributed by atoms with Crippen LogP contribution in [0.1, 0.15) is 15.9 Å². The van der Waals surface area contributed by atoms with Crippen LogP contribution in [0.4, 0.5) is 11.4 Å². The van der Waals surface area contributed by atoms with Crippen LogP contribution in [-0.4, -0.2) is 40.6 Å². The summed E-state index contributed by atoms with van der Waals surface area (Å²) in [6.07, 6.45) is 5.52. The van der Waals surface area contributed by atoms with Crippen LogP contribution in [0.3, 0.4) is 0 Å². The van der Waals surface area contributed by atoms with E-state index < -0.39 is 32.7 Å². The molecule has 11 heteroatoms. The van der Waals surface area contributed by atoms with Crippen molar-refractivity contribution in [1.82, 2.24) is 0 Å². The van der Waals surface area contributed by atoms with E-state index in [4.69, 9.17) is 11.2 Å². The molecule has 0 bridgehead atoms. The molecule has 2 aromatic carbocycles. The van der Waals surface area contributed by atoms with E-state index in [9.17, 15) is 35.2 Å². The molecule has 2 rings (SSSR count). The molecule has 0 aromatic heterocycles. The number of methoxy groups -OCH3 is 2. The molecule has 0 amide bonds. The summed E-state index contributed by atoms with van der Waals surface area (Å²) in [4.78, 5) is 29.8. The van der Waals surface area contributed by atoms with Crippen molar-refractivity contribution in [3.05, 3.63) is 55.6 Å². The average molecular weight is 390 g/mol. The number of benzene rings is 2. The maximum Gasteiger partial charge on any atom is 0.315 e. The zero-order valence-corrected chi connectivity index (χ0v) is 14.6. The van der Waals surface area contributed by atoms with Crippen molar-refractivity contribution in [2.75, 3.05) is 14.2 Å². The minimum atomic E-state index is -0.787. The van der Waals surface area contributed by atoms with Gasteiger partial charge in [-0.05, 0) is 6.07 Å². The maximum atomic E-state index is 10.5. The van der Waals surface area contributed by atoms with Crippen LogP contribution < -0.4 is 9.47 Å². The molecule has 0 aliphatic carbocycles. The van der Waals surface area contributed by atoms with Gasteiger partial charge in [0.25, 0.3) is 0 Å². The number of ether oxygens (including phenoxy) is 2. The van der Waals surface area contributed by atoms with Gasteiger partial charge in [0.15, 0.2) is 11.5 Å². The Morgan fingerprint density at radius 3 is 1.82 bits per heavy atom. The van der Waals surface area contributed by atoms with Crippen molar-refractivity contribution in [2.24, 2.45) is 0 Å². The number of hydrogen-bond donors (Lipinski definition) is 2. The number of rotatable bonds is 5. The first-order valence-electron chi connectivity index (χ1n) is 7.22. The number of aldehydes is 1. The third kappa shape index (κ3) is 4.85. The molecule has 2 aromatic rings. The first kappa shape index (κ1) is 21.7. The monoisotopic (exact) mass is 390 g/mol. The quantitative estimate of drug-likeness (QED) is 0.338. The van der Waals surface area contributed by atoms with Crippen LogP contribution in [0.2, 0.25) is 0 Å². The smallest absolute Gasteiger partial charge is 0.315 e. The average Bonchev–Trinajstić information content (AvgIpc) is 2.68. The van der Waals surface area contributed by atoms with Gasteiger partial charge in [0, 0.05) is 29.3 Å². The lowest BCUT2D eigenvalue weighted by Gasteiger charge is -2.03. The Morgan fingerprint density at radius 2 is 1.43 bits per heavy atom. The molecule has 0 saturated carbocycles. The van der Waals surface area contributed by atoms with Gasteiger partial charge in [-0.2, -0.15) is 0 Å². The van der Waals surface area contributed by atoms with Crippen molar-refractivity contribution in [3.8, 4) is 35.3 Å². The lowest BCUT2D eigenvalue weighted by Crippen LogP contribution is -1.94. The Kier molecular flexibility index (Phi) is 7.28. The number of phenolic OH excluding ortho intramolecular Hbond substituents is 2. The fourth-order valence-electron chi connectivity index (χ4n) is 1.95. The summed E-state index contributed by atoms with van der Waals surface area (Å²) in [5.74, 6) is 1.03. The highest BCUT2D eigenvalue weighted by atomic mass is 16.6. The molecule has 0 aliphatic heterocycles. The van der Waals surface area contributed by atoms with Gasteiger partial charge >= 0.3 is 11.4 Å². The number of carbonyl (C=O) groups is 1. The van der Waals surface area contributed by atoms with Gasteiger partial charge < -0.3 is 19.7 Å². The molecule has 0 heterocycles. The fourth-order valence-corrected chi connectivity index (χ4v) is 1.95. The number of nitro benzene ring substituents is 2. The first-order valence-corrected chi connectivity index (χ1v) is 7.22. The van der Waals surface area contributed by atoms with Crippen molar-refractivity contribution in [3.63, 3.8) is 0 Å². The highest BCUT2D eigenvalue weighted by Crippen LogP contribution is 2.37. The van der Waals surface area contributed by atoms with E-state index in [1.165, 1.54) is 26.4 Å². The highest BCUT2D eigenvalue weighted by molar-refractivity contribution is 5.79. The summed E-state index contributed by atoms with van der Waals surface area (Å²) >= 11 is 0. The van der Waals surface area contributed by atoms with Crippen LogP contribution in [0.15, 0.2) is 24.3 Å². The molecular formula is C17H14N2O9. The Bertz CT molecular complexity index is 964. The molecule has 0 fully saturated rings. The van der Waals surface area contributed by atoms with Crippen LogP contribution in [0, 0.1) is 32.6 Å². The number of hydrogen-bond acceptors (Lipinski definition) is 9. The molecular weight excluding hydrogens is 376 g/mol. The zero-order valence-electron chi connectivity index (χ0n) is 14.6. The van der Waals surface area contributed by atoms with E-state index in [0.717, 1.165) is 12.1 Å². The molecule has 0 spiro atoms. The second kappa shape index (κ2) is 9.39. The summed E-state index contributed by atoms with van der Waals surface area (Å²) in [5.41, 5.74) is -0.651. The van der Waals surface area contributed by atoms with Gasteiger partial charge in [-0.3, -0.25) is 25.0 Å².